The van der Waals surface area contributed by atoms with Gasteiger partial charge in [-0.2, -0.15) is 0 Å². The van der Waals surface area contributed by atoms with Gasteiger partial charge < -0.3 is 19.9 Å². The van der Waals surface area contributed by atoms with E-state index in [4.69, 9.17) is 9.31 Å². The van der Waals surface area contributed by atoms with Gasteiger partial charge in [0.25, 0.3) is 11.8 Å². The first kappa shape index (κ1) is 17.5. The minimum Gasteiger partial charge on any atom is -0.526 e. The van der Waals surface area contributed by atoms with Gasteiger partial charge in [0.1, 0.15) is 11.5 Å². The molecular weight excluding hydrogens is 343 g/mol. The van der Waals surface area contributed by atoms with Crippen LogP contribution in [0.5, 0.6) is 11.5 Å². The molecule has 6 nitrogen and oxygen atoms in total. The summed E-state index contributed by atoms with van der Waals surface area (Å²) < 4.78 is 10.9. The number of amides is 2. The number of carbonyl (C=O) groups excluding carboxylic acids is 2. The molecule has 2 fully saturated rings. The number of nitrogens with one attached hydrogen (secondary N) is 2. The van der Waals surface area contributed by atoms with Gasteiger partial charge in [0.05, 0.1) is 0 Å². The van der Waals surface area contributed by atoms with Crippen LogP contribution in [0.2, 0.25) is 0 Å². The van der Waals surface area contributed by atoms with Gasteiger partial charge in [-0.25, -0.2) is 0 Å². The highest BCUT2D eigenvalue weighted by atomic mass is 16.6. The van der Waals surface area contributed by atoms with Crippen molar-refractivity contribution in [1.29, 1.82) is 0 Å². The van der Waals surface area contributed by atoms with E-state index in [-0.39, 0.29) is 11.8 Å². The van der Waals surface area contributed by atoms with Crippen LogP contribution in [0, 0.1) is 0 Å². The predicted octanol–water partition coefficient (Wildman–Crippen LogP) is 2.46. The molecule has 0 aromatic heterocycles. The van der Waals surface area contributed by atoms with Crippen LogP contribution >= 0.6 is 0 Å². The van der Waals surface area contributed by atoms with Gasteiger partial charge in [-0.3, -0.25) is 9.59 Å². The Morgan fingerprint density at radius 3 is 1.63 bits per heavy atom. The summed E-state index contributed by atoms with van der Waals surface area (Å²) in [6.07, 6.45) is 4.17. The molecule has 0 bridgehead atoms. The van der Waals surface area contributed by atoms with Crippen LogP contribution in [0.3, 0.4) is 0 Å². The third-order valence-corrected chi connectivity index (χ3v) is 4.39. The fraction of sp³-hybridized carbons (Fsp3) is 0.300. The average molecular weight is 363 g/mol. The van der Waals surface area contributed by atoms with Crippen molar-refractivity contribution in [3.63, 3.8) is 0 Å². The second-order valence-electron chi connectivity index (χ2n) is 6.88. The zero-order chi connectivity index (χ0) is 18.6. The fourth-order valence-corrected chi connectivity index (χ4v) is 2.55. The monoisotopic (exact) mass is 363 g/mol. The molecule has 7 heteroatoms. The summed E-state index contributed by atoms with van der Waals surface area (Å²) >= 11 is 0. The maximum Gasteiger partial charge on any atom is 0.658 e. The van der Waals surface area contributed by atoms with Crippen molar-refractivity contribution in [2.75, 3.05) is 0 Å². The van der Waals surface area contributed by atoms with Crippen LogP contribution in [-0.2, 0) is 0 Å². The zero-order valence-corrected chi connectivity index (χ0v) is 14.8. The average Bonchev–Trinajstić information content (AvgIpc) is 3.59. The van der Waals surface area contributed by atoms with Gasteiger partial charge in [0.2, 0.25) is 0 Å². The molecule has 0 atom stereocenters. The van der Waals surface area contributed by atoms with Gasteiger partial charge in [0.15, 0.2) is 0 Å². The van der Waals surface area contributed by atoms with E-state index in [9.17, 15) is 9.59 Å². The Balaban J connectivity index is 1.30. The fourth-order valence-electron chi connectivity index (χ4n) is 2.55. The Morgan fingerprint density at radius 2 is 1.22 bits per heavy atom. The minimum absolute atomic E-state index is 0.0988. The molecule has 1 radical (unpaired) electrons. The van der Waals surface area contributed by atoms with Crippen LogP contribution < -0.4 is 19.9 Å². The van der Waals surface area contributed by atoms with E-state index in [0.29, 0.717) is 34.7 Å². The van der Waals surface area contributed by atoms with Crippen LogP contribution in [-0.4, -0.2) is 31.6 Å². The standard InChI is InChI=1S/C20H20BN2O4/c24-19(22-15-7-8-15)13-3-1-5-17(11-13)26-21-27-18-6-2-4-14(12-18)20(25)23-16-9-10-16/h1-6,11-12,15-16H,7-10H2,(H,22,24)(H,23,25). The molecule has 0 saturated heterocycles. The largest absolute Gasteiger partial charge is 0.658 e. The summed E-state index contributed by atoms with van der Waals surface area (Å²) in [6.45, 7) is 0. The molecule has 0 unspecified atom stereocenters. The molecule has 0 heterocycles. The molecule has 4 rings (SSSR count). The van der Waals surface area contributed by atoms with Crippen LogP contribution in [0.15, 0.2) is 48.5 Å². The summed E-state index contributed by atoms with van der Waals surface area (Å²) in [5, 5.41) is 5.88. The Labute approximate surface area is 158 Å². The first-order valence-corrected chi connectivity index (χ1v) is 9.14. The molecule has 137 valence electrons. The highest BCUT2D eigenvalue weighted by Crippen LogP contribution is 2.21. The third-order valence-electron chi connectivity index (χ3n) is 4.39. The van der Waals surface area contributed by atoms with E-state index in [0.717, 1.165) is 25.7 Å². The van der Waals surface area contributed by atoms with E-state index < -0.39 is 0 Å². The number of hydrogen-bond donors (Lipinski definition) is 2. The predicted molar refractivity (Wildman–Crippen MR) is 101 cm³/mol. The van der Waals surface area contributed by atoms with Crippen molar-refractivity contribution >= 4 is 19.5 Å². The van der Waals surface area contributed by atoms with Crippen molar-refractivity contribution in [2.24, 2.45) is 0 Å². The Kier molecular flexibility index (Phi) is 5.00. The van der Waals surface area contributed by atoms with Crippen molar-refractivity contribution in [3.8, 4) is 11.5 Å². The van der Waals surface area contributed by atoms with Crippen molar-refractivity contribution in [1.82, 2.24) is 10.6 Å². The second kappa shape index (κ2) is 7.74. The molecule has 2 saturated carbocycles. The smallest absolute Gasteiger partial charge is 0.526 e. The van der Waals surface area contributed by atoms with Crippen LogP contribution in [0.25, 0.3) is 0 Å². The van der Waals surface area contributed by atoms with E-state index in [2.05, 4.69) is 10.6 Å². The topological polar surface area (TPSA) is 76.7 Å². The van der Waals surface area contributed by atoms with Gasteiger partial charge in [-0.1, -0.05) is 12.1 Å². The van der Waals surface area contributed by atoms with Crippen molar-refractivity contribution < 1.29 is 18.9 Å². The van der Waals surface area contributed by atoms with E-state index in [1.165, 1.54) is 7.69 Å². The Bertz CT molecular complexity index is 780. The first-order valence-electron chi connectivity index (χ1n) is 9.14. The molecule has 2 aliphatic rings. The van der Waals surface area contributed by atoms with Gasteiger partial charge in [-0.05, 0) is 62.1 Å². The maximum absolute atomic E-state index is 12.1. The quantitative estimate of drug-likeness (QED) is 0.707. The maximum atomic E-state index is 12.1. The van der Waals surface area contributed by atoms with E-state index >= 15 is 0 Å². The Morgan fingerprint density at radius 1 is 0.778 bits per heavy atom. The molecule has 0 aliphatic heterocycles. The van der Waals surface area contributed by atoms with Gasteiger partial charge >= 0.3 is 7.69 Å². The molecule has 2 amide bonds. The lowest BCUT2D eigenvalue weighted by atomic mass is 10.2. The lowest BCUT2D eigenvalue weighted by Gasteiger charge is -2.09. The zero-order valence-electron chi connectivity index (χ0n) is 14.8. The molecule has 2 aliphatic carbocycles. The highest BCUT2D eigenvalue weighted by Gasteiger charge is 2.24. The first-order chi connectivity index (χ1) is 13.2. The summed E-state index contributed by atoms with van der Waals surface area (Å²) in [6, 6.07) is 14.4. The van der Waals surface area contributed by atoms with Gasteiger partial charge in [-0.15, -0.1) is 0 Å². The summed E-state index contributed by atoms with van der Waals surface area (Å²) in [5.74, 6) is 0.804. The van der Waals surface area contributed by atoms with Crippen molar-refractivity contribution in [3.05, 3.63) is 59.7 Å². The summed E-state index contributed by atoms with van der Waals surface area (Å²) in [4.78, 5) is 24.2. The van der Waals surface area contributed by atoms with Crippen molar-refractivity contribution in [2.45, 2.75) is 37.8 Å². The third kappa shape index (κ3) is 5.03. The molecular formula is C20H20BN2O4. The van der Waals surface area contributed by atoms with Gasteiger partial charge in [0, 0.05) is 23.2 Å². The summed E-state index contributed by atoms with van der Waals surface area (Å²) in [7, 11) is 1.19. The highest BCUT2D eigenvalue weighted by molar-refractivity contribution is 6.20. The summed E-state index contributed by atoms with van der Waals surface area (Å²) in [5.41, 5.74) is 1.10. The molecule has 2 aromatic carbocycles. The second-order valence-corrected chi connectivity index (χ2v) is 6.88. The number of hydrogen-bond acceptors (Lipinski definition) is 4. The van der Waals surface area contributed by atoms with E-state index in [1.807, 2.05) is 0 Å². The molecule has 2 N–H and O–H groups in total. The number of benzene rings is 2. The number of rotatable bonds is 8. The molecule has 0 spiro atoms. The minimum atomic E-state index is -0.0988. The molecule has 27 heavy (non-hydrogen) atoms. The SMILES string of the molecule is O=C(NC1CC1)c1cccc(O[B]Oc2cccc(C(=O)NC3CC3)c2)c1. The lowest BCUT2D eigenvalue weighted by molar-refractivity contribution is 0.0942. The van der Waals surface area contributed by atoms with E-state index in [1.54, 1.807) is 48.5 Å². The van der Waals surface area contributed by atoms with Crippen LogP contribution in [0.1, 0.15) is 46.4 Å². The Hall–Kier alpha value is -2.96. The normalized spacial score (nSPS) is 15.6. The molecule has 2 aromatic rings. The van der Waals surface area contributed by atoms with Crippen LogP contribution in [0.4, 0.5) is 0 Å². The number of carbonyl (C=O) groups is 2. The lowest BCUT2D eigenvalue weighted by Crippen LogP contribution is -2.25.